The number of methoxy groups -OCH3 is 1. The summed E-state index contributed by atoms with van der Waals surface area (Å²) in [6.07, 6.45) is 0. The van der Waals surface area contributed by atoms with Crippen LogP contribution in [0.5, 0.6) is 11.5 Å². The van der Waals surface area contributed by atoms with Crippen molar-refractivity contribution in [3.8, 4) is 11.5 Å². The first-order valence-corrected chi connectivity index (χ1v) is 5.08. The molecule has 94 valence electrons. The quantitative estimate of drug-likeness (QED) is 0.694. The predicted octanol–water partition coefficient (Wildman–Crippen LogP) is -0.156. The van der Waals surface area contributed by atoms with Crippen molar-refractivity contribution in [1.29, 1.82) is 0 Å². The Bertz CT molecular complexity index is 540. The Labute approximate surface area is 102 Å². The highest BCUT2D eigenvalue weighted by Gasteiger charge is 2.12. The Morgan fingerprint density at radius 1 is 1.56 bits per heavy atom. The minimum absolute atomic E-state index is 0.126. The summed E-state index contributed by atoms with van der Waals surface area (Å²) in [5.41, 5.74) is 0.152. The molecular formula is C10H11N5O3. The number of H-pyrrole nitrogens is 1. The lowest BCUT2D eigenvalue weighted by Gasteiger charge is -2.06. The molecule has 0 saturated carbocycles. The van der Waals surface area contributed by atoms with E-state index in [4.69, 9.17) is 4.74 Å². The second kappa shape index (κ2) is 5.13. The molecule has 0 saturated heterocycles. The zero-order valence-corrected chi connectivity index (χ0v) is 9.54. The van der Waals surface area contributed by atoms with Gasteiger partial charge >= 0.3 is 0 Å². The molecule has 1 aromatic carbocycles. The number of carbonyl (C=O) groups is 1. The third-order valence-electron chi connectivity index (χ3n) is 2.25. The van der Waals surface area contributed by atoms with Gasteiger partial charge in [0.05, 0.1) is 19.2 Å². The third-order valence-corrected chi connectivity index (χ3v) is 2.25. The molecule has 0 unspecified atom stereocenters. The Morgan fingerprint density at radius 3 is 3.00 bits per heavy atom. The maximum atomic E-state index is 11.8. The lowest BCUT2D eigenvalue weighted by Crippen LogP contribution is -2.23. The van der Waals surface area contributed by atoms with E-state index in [1.807, 2.05) is 0 Å². The van der Waals surface area contributed by atoms with Crippen LogP contribution in [0.2, 0.25) is 0 Å². The van der Waals surface area contributed by atoms with E-state index in [-0.39, 0.29) is 17.9 Å². The molecule has 8 heteroatoms. The molecular weight excluding hydrogens is 238 g/mol. The first kappa shape index (κ1) is 11.8. The molecule has 0 atom stereocenters. The average molecular weight is 249 g/mol. The lowest BCUT2D eigenvalue weighted by molar-refractivity contribution is 0.0947. The van der Waals surface area contributed by atoms with Gasteiger partial charge in [0.25, 0.3) is 5.91 Å². The van der Waals surface area contributed by atoms with Gasteiger partial charge < -0.3 is 15.2 Å². The number of aromatic hydroxyl groups is 1. The van der Waals surface area contributed by atoms with Crippen molar-refractivity contribution in [3.05, 3.63) is 29.6 Å². The van der Waals surface area contributed by atoms with Gasteiger partial charge in [-0.1, -0.05) is 5.21 Å². The van der Waals surface area contributed by atoms with Gasteiger partial charge in [-0.05, 0) is 12.1 Å². The van der Waals surface area contributed by atoms with Crippen molar-refractivity contribution in [2.75, 3.05) is 7.11 Å². The number of aromatic amines is 1. The zero-order valence-electron chi connectivity index (χ0n) is 9.54. The van der Waals surface area contributed by atoms with E-state index in [2.05, 4.69) is 25.9 Å². The first-order valence-electron chi connectivity index (χ1n) is 5.08. The summed E-state index contributed by atoms with van der Waals surface area (Å²) in [5, 5.41) is 25.2. The molecule has 2 aromatic rings. The van der Waals surface area contributed by atoms with Crippen LogP contribution in [0.3, 0.4) is 0 Å². The number of hydrogen-bond donors (Lipinski definition) is 3. The van der Waals surface area contributed by atoms with Crippen molar-refractivity contribution in [2.45, 2.75) is 6.54 Å². The van der Waals surface area contributed by atoms with Crippen LogP contribution in [0.4, 0.5) is 0 Å². The van der Waals surface area contributed by atoms with Gasteiger partial charge in [0.15, 0.2) is 5.82 Å². The summed E-state index contributed by atoms with van der Waals surface area (Å²) < 4.78 is 4.92. The number of phenols is 1. The molecule has 1 amide bonds. The fourth-order valence-electron chi connectivity index (χ4n) is 1.34. The SMILES string of the molecule is COc1ccc(C(=O)NCc2nn[nH]n2)c(O)c1. The van der Waals surface area contributed by atoms with Crippen LogP contribution in [-0.2, 0) is 6.54 Å². The highest BCUT2D eigenvalue weighted by Crippen LogP contribution is 2.23. The summed E-state index contributed by atoms with van der Waals surface area (Å²) >= 11 is 0. The second-order valence-corrected chi connectivity index (χ2v) is 3.39. The Balaban J connectivity index is 2.04. The largest absolute Gasteiger partial charge is 0.507 e. The molecule has 0 aliphatic rings. The van der Waals surface area contributed by atoms with E-state index in [0.717, 1.165) is 0 Å². The van der Waals surface area contributed by atoms with E-state index in [1.165, 1.54) is 19.2 Å². The van der Waals surface area contributed by atoms with Gasteiger partial charge in [-0.3, -0.25) is 4.79 Å². The van der Waals surface area contributed by atoms with Crippen molar-refractivity contribution in [3.63, 3.8) is 0 Å². The number of amides is 1. The molecule has 1 heterocycles. The monoisotopic (exact) mass is 249 g/mol. The van der Waals surface area contributed by atoms with Crippen molar-refractivity contribution in [2.24, 2.45) is 0 Å². The molecule has 18 heavy (non-hydrogen) atoms. The minimum atomic E-state index is -0.431. The van der Waals surface area contributed by atoms with Crippen LogP contribution < -0.4 is 10.1 Å². The Kier molecular flexibility index (Phi) is 3.37. The molecule has 0 spiro atoms. The summed E-state index contributed by atoms with van der Waals surface area (Å²) in [7, 11) is 1.48. The number of carbonyl (C=O) groups excluding carboxylic acids is 1. The van der Waals surface area contributed by atoms with Gasteiger partial charge in [-0.25, -0.2) is 0 Å². The third kappa shape index (κ3) is 2.54. The fraction of sp³-hybridized carbons (Fsp3) is 0.200. The fourth-order valence-corrected chi connectivity index (χ4v) is 1.34. The smallest absolute Gasteiger partial charge is 0.255 e. The van der Waals surface area contributed by atoms with Crippen LogP contribution in [0.15, 0.2) is 18.2 Å². The van der Waals surface area contributed by atoms with Crippen LogP contribution in [0.1, 0.15) is 16.2 Å². The highest BCUT2D eigenvalue weighted by atomic mass is 16.5. The van der Waals surface area contributed by atoms with E-state index in [9.17, 15) is 9.90 Å². The molecule has 0 fully saturated rings. The van der Waals surface area contributed by atoms with Crippen LogP contribution in [0.25, 0.3) is 0 Å². The maximum Gasteiger partial charge on any atom is 0.255 e. The normalized spacial score (nSPS) is 10.1. The van der Waals surface area contributed by atoms with Crippen LogP contribution >= 0.6 is 0 Å². The van der Waals surface area contributed by atoms with Gasteiger partial charge in [-0.2, -0.15) is 5.21 Å². The summed E-state index contributed by atoms with van der Waals surface area (Å²) in [5.74, 6) is 0.249. The summed E-state index contributed by atoms with van der Waals surface area (Å²) in [6, 6.07) is 4.42. The van der Waals surface area contributed by atoms with E-state index < -0.39 is 5.91 Å². The molecule has 2 rings (SSSR count). The lowest BCUT2D eigenvalue weighted by atomic mass is 10.2. The average Bonchev–Trinajstić information content (AvgIpc) is 2.88. The summed E-state index contributed by atoms with van der Waals surface area (Å²) in [4.78, 5) is 11.8. The number of benzene rings is 1. The Hall–Kier alpha value is -2.64. The van der Waals surface area contributed by atoms with Crippen molar-refractivity contribution in [1.82, 2.24) is 25.9 Å². The number of rotatable bonds is 4. The maximum absolute atomic E-state index is 11.8. The summed E-state index contributed by atoms with van der Waals surface area (Å²) in [6.45, 7) is 0.126. The van der Waals surface area contributed by atoms with Crippen LogP contribution in [0, 0.1) is 0 Å². The topological polar surface area (TPSA) is 113 Å². The minimum Gasteiger partial charge on any atom is -0.507 e. The van der Waals surface area contributed by atoms with Gasteiger partial charge in [0, 0.05) is 6.07 Å². The zero-order chi connectivity index (χ0) is 13.0. The van der Waals surface area contributed by atoms with E-state index in [0.29, 0.717) is 11.6 Å². The van der Waals surface area contributed by atoms with E-state index in [1.54, 1.807) is 6.07 Å². The molecule has 8 nitrogen and oxygen atoms in total. The number of nitrogens with zero attached hydrogens (tertiary/aromatic N) is 3. The van der Waals surface area contributed by atoms with Gasteiger partial charge in [-0.15, -0.1) is 10.2 Å². The van der Waals surface area contributed by atoms with Gasteiger partial charge in [0.2, 0.25) is 0 Å². The second-order valence-electron chi connectivity index (χ2n) is 3.39. The number of ether oxygens (including phenoxy) is 1. The predicted molar refractivity (Wildman–Crippen MR) is 60.0 cm³/mol. The standard InChI is InChI=1S/C10H11N5O3/c1-18-6-2-3-7(8(16)4-6)10(17)11-5-9-12-14-15-13-9/h2-4,16H,5H2,1H3,(H,11,17)(H,12,13,14,15). The molecule has 3 N–H and O–H groups in total. The molecule has 0 aliphatic heterocycles. The number of phenolic OH excluding ortho intramolecular Hbond substituents is 1. The Morgan fingerprint density at radius 2 is 2.39 bits per heavy atom. The molecule has 1 aromatic heterocycles. The number of nitrogens with one attached hydrogen (secondary N) is 2. The van der Waals surface area contributed by atoms with Crippen molar-refractivity contribution >= 4 is 5.91 Å². The van der Waals surface area contributed by atoms with Gasteiger partial charge in [0.1, 0.15) is 11.5 Å². The highest BCUT2D eigenvalue weighted by molar-refractivity contribution is 5.96. The first-order chi connectivity index (χ1) is 8.70. The van der Waals surface area contributed by atoms with Crippen molar-refractivity contribution < 1.29 is 14.6 Å². The number of tetrazole rings is 1. The molecule has 0 aliphatic carbocycles. The molecule has 0 radical (unpaired) electrons. The molecule has 0 bridgehead atoms. The number of hydrogen-bond acceptors (Lipinski definition) is 6. The van der Waals surface area contributed by atoms with Crippen LogP contribution in [-0.4, -0.2) is 38.7 Å². The number of aromatic nitrogens is 4. The van der Waals surface area contributed by atoms with E-state index >= 15 is 0 Å².